The summed E-state index contributed by atoms with van der Waals surface area (Å²) in [6.45, 7) is 0. The fraction of sp³-hybridized carbons (Fsp3) is 0.0909. The minimum absolute atomic E-state index is 0.0194. The molecule has 1 aromatic carbocycles. The molecule has 0 radical (unpaired) electrons. The van der Waals surface area contributed by atoms with E-state index in [0.29, 0.717) is 15.9 Å². The van der Waals surface area contributed by atoms with Crippen LogP contribution in [0.15, 0.2) is 28.7 Å². The molecule has 0 aliphatic carbocycles. The van der Waals surface area contributed by atoms with Crippen molar-refractivity contribution in [2.45, 2.75) is 0 Å². The van der Waals surface area contributed by atoms with E-state index in [-0.39, 0.29) is 5.69 Å². The van der Waals surface area contributed by atoms with Crippen LogP contribution in [0.4, 0.5) is 0 Å². The first-order valence-electron chi connectivity index (χ1n) is 4.75. The topological polar surface area (TPSA) is 75.2 Å². The fourth-order valence-electron chi connectivity index (χ4n) is 1.49. The lowest BCUT2D eigenvalue weighted by atomic mass is 10.1. The lowest BCUT2D eigenvalue weighted by Gasteiger charge is -2.05. The number of aromatic nitrogens is 2. The average Bonchev–Trinajstić information content (AvgIpc) is 2.71. The summed E-state index contributed by atoms with van der Waals surface area (Å²) >= 11 is 3.22. The van der Waals surface area contributed by atoms with Gasteiger partial charge in [0.2, 0.25) is 0 Å². The smallest absolute Gasteiger partial charge is 0.355 e. The number of para-hydroxylation sites is 1. The van der Waals surface area contributed by atoms with E-state index in [1.165, 1.54) is 0 Å². The van der Waals surface area contributed by atoms with E-state index in [4.69, 9.17) is 9.84 Å². The normalized spacial score (nSPS) is 10.2. The molecule has 0 aliphatic heterocycles. The van der Waals surface area contributed by atoms with Crippen LogP contribution in [0.1, 0.15) is 10.5 Å². The lowest BCUT2D eigenvalue weighted by molar-refractivity contribution is 0.0689. The summed E-state index contributed by atoms with van der Waals surface area (Å²) in [4.78, 5) is 10.9. The van der Waals surface area contributed by atoms with E-state index in [1.807, 2.05) is 18.2 Å². The van der Waals surface area contributed by atoms with Crippen LogP contribution < -0.4 is 4.74 Å². The van der Waals surface area contributed by atoms with Gasteiger partial charge in [0.15, 0.2) is 5.69 Å². The molecule has 0 unspecified atom stereocenters. The minimum atomic E-state index is -1.06. The van der Waals surface area contributed by atoms with Gasteiger partial charge in [-0.2, -0.15) is 5.10 Å². The molecule has 88 valence electrons. The van der Waals surface area contributed by atoms with Gasteiger partial charge in [0.1, 0.15) is 11.4 Å². The number of nitrogens with zero attached hydrogens (tertiary/aromatic N) is 1. The van der Waals surface area contributed by atoms with Crippen molar-refractivity contribution >= 4 is 21.9 Å². The van der Waals surface area contributed by atoms with E-state index in [9.17, 15) is 4.79 Å². The Labute approximate surface area is 106 Å². The number of carboxylic acid groups (broad SMARTS) is 1. The second-order valence-corrected chi connectivity index (χ2v) is 4.06. The highest BCUT2D eigenvalue weighted by molar-refractivity contribution is 9.10. The maximum Gasteiger partial charge on any atom is 0.355 e. The first-order chi connectivity index (χ1) is 8.15. The number of nitrogens with one attached hydrogen (secondary N) is 1. The van der Waals surface area contributed by atoms with Crippen molar-refractivity contribution in [2.24, 2.45) is 0 Å². The fourth-order valence-corrected chi connectivity index (χ4v) is 2.05. The first kappa shape index (κ1) is 11.7. The van der Waals surface area contributed by atoms with Crippen LogP contribution in [0.25, 0.3) is 11.3 Å². The molecule has 2 rings (SSSR count). The monoisotopic (exact) mass is 296 g/mol. The van der Waals surface area contributed by atoms with Crippen molar-refractivity contribution in [3.8, 4) is 17.0 Å². The van der Waals surface area contributed by atoms with E-state index in [1.54, 1.807) is 13.2 Å². The third-order valence-corrected chi connectivity index (χ3v) is 3.05. The summed E-state index contributed by atoms with van der Waals surface area (Å²) in [6.07, 6.45) is 0. The molecule has 5 nitrogen and oxygen atoms in total. The average molecular weight is 297 g/mol. The number of methoxy groups -OCH3 is 1. The highest BCUT2D eigenvalue weighted by Gasteiger charge is 2.19. The van der Waals surface area contributed by atoms with Gasteiger partial charge in [0, 0.05) is 5.56 Å². The van der Waals surface area contributed by atoms with Crippen LogP contribution in [0.3, 0.4) is 0 Å². The molecule has 0 amide bonds. The molecule has 0 aliphatic rings. The standard InChI is InChI=1S/C11H9BrN2O3/c1-17-7-5-3-2-4-6(7)9-8(12)10(11(15)16)14-13-9/h2-5H,1H3,(H,13,14)(H,15,16). The third-order valence-electron chi connectivity index (χ3n) is 2.28. The van der Waals surface area contributed by atoms with Crippen LogP contribution in [0, 0.1) is 0 Å². The number of carboxylic acids is 1. The molecule has 1 heterocycles. The Morgan fingerprint density at radius 3 is 2.76 bits per heavy atom. The molecule has 2 aromatic rings. The lowest BCUT2D eigenvalue weighted by Crippen LogP contribution is -1.97. The quantitative estimate of drug-likeness (QED) is 0.913. The zero-order chi connectivity index (χ0) is 12.4. The third kappa shape index (κ3) is 2.03. The highest BCUT2D eigenvalue weighted by atomic mass is 79.9. The molecule has 0 saturated carbocycles. The van der Waals surface area contributed by atoms with Gasteiger partial charge < -0.3 is 9.84 Å². The summed E-state index contributed by atoms with van der Waals surface area (Å²) in [6, 6.07) is 7.27. The number of hydrogen-bond donors (Lipinski definition) is 2. The Bertz CT molecular complexity index is 566. The number of rotatable bonds is 3. The number of carbonyl (C=O) groups is 1. The van der Waals surface area contributed by atoms with Crippen LogP contribution >= 0.6 is 15.9 Å². The van der Waals surface area contributed by atoms with Crippen LogP contribution in [0.5, 0.6) is 5.75 Å². The highest BCUT2D eigenvalue weighted by Crippen LogP contribution is 2.34. The predicted octanol–water partition coefficient (Wildman–Crippen LogP) is 2.55. The Hall–Kier alpha value is -1.82. The molecule has 0 atom stereocenters. The van der Waals surface area contributed by atoms with Crippen molar-refractivity contribution in [3.63, 3.8) is 0 Å². The van der Waals surface area contributed by atoms with Crippen molar-refractivity contribution < 1.29 is 14.6 Å². The Kier molecular flexibility index (Phi) is 3.14. The second kappa shape index (κ2) is 4.58. The summed E-state index contributed by atoms with van der Waals surface area (Å²) in [5.41, 5.74) is 1.26. The molecule has 2 N–H and O–H groups in total. The SMILES string of the molecule is COc1ccccc1-c1n[nH]c(C(=O)O)c1Br. The van der Waals surface area contributed by atoms with Gasteiger partial charge >= 0.3 is 5.97 Å². The van der Waals surface area contributed by atoms with Crippen molar-refractivity contribution in [1.29, 1.82) is 0 Å². The van der Waals surface area contributed by atoms with Gasteiger partial charge in [-0.3, -0.25) is 5.10 Å². The minimum Gasteiger partial charge on any atom is -0.496 e. The molecule has 0 fully saturated rings. The van der Waals surface area contributed by atoms with Gasteiger partial charge in [0.05, 0.1) is 11.6 Å². The van der Waals surface area contributed by atoms with Crippen molar-refractivity contribution in [1.82, 2.24) is 10.2 Å². The van der Waals surface area contributed by atoms with Gasteiger partial charge in [-0.05, 0) is 28.1 Å². The van der Waals surface area contributed by atoms with E-state index in [2.05, 4.69) is 26.1 Å². The van der Waals surface area contributed by atoms with Crippen LogP contribution in [0.2, 0.25) is 0 Å². The van der Waals surface area contributed by atoms with Gasteiger partial charge in [0.25, 0.3) is 0 Å². The molecule has 0 bridgehead atoms. The molecule has 1 aromatic heterocycles. The molecule has 0 saturated heterocycles. The zero-order valence-corrected chi connectivity index (χ0v) is 10.5. The summed E-state index contributed by atoms with van der Waals surface area (Å²) in [7, 11) is 1.55. The maximum atomic E-state index is 10.9. The number of hydrogen-bond acceptors (Lipinski definition) is 3. The van der Waals surface area contributed by atoms with Crippen molar-refractivity contribution in [3.05, 3.63) is 34.4 Å². The van der Waals surface area contributed by atoms with E-state index < -0.39 is 5.97 Å². The number of ether oxygens (including phenoxy) is 1. The Balaban J connectivity index is 2.57. The molecule has 6 heteroatoms. The van der Waals surface area contributed by atoms with E-state index in [0.717, 1.165) is 5.56 Å². The number of benzene rings is 1. The van der Waals surface area contributed by atoms with E-state index >= 15 is 0 Å². The summed E-state index contributed by atoms with van der Waals surface area (Å²) in [5, 5.41) is 15.4. The number of aromatic amines is 1. The zero-order valence-electron chi connectivity index (χ0n) is 8.90. The predicted molar refractivity (Wildman–Crippen MR) is 65.2 cm³/mol. The number of aromatic carboxylic acids is 1. The summed E-state index contributed by atoms with van der Waals surface area (Å²) < 4.78 is 5.61. The second-order valence-electron chi connectivity index (χ2n) is 3.27. The van der Waals surface area contributed by atoms with Gasteiger partial charge in [-0.1, -0.05) is 12.1 Å². The van der Waals surface area contributed by atoms with Crippen LogP contribution in [-0.2, 0) is 0 Å². The van der Waals surface area contributed by atoms with Crippen molar-refractivity contribution in [2.75, 3.05) is 7.11 Å². The molecular weight excluding hydrogens is 288 g/mol. The first-order valence-corrected chi connectivity index (χ1v) is 5.55. The molecular formula is C11H9BrN2O3. The maximum absolute atomic E-state index is 10.9. The molecule has 17 heavy (non-hydrogen) atoms. The largest absolute Gasteiger partial charge is 0.496 e. The summed E-state index contributed by atoms with van der Waals surface area (Å²) in [5.74, 6) is -0.429. The van der Waals surface area contributed by atoms with Crippen LogP contribution in [-0.4, -0.2) is 28.4 Å². The van der Waals surface area contributed by atoms with Gasteiger partial charge in [-0.15, -0.1) is 0 Å². The number of H-pyrrole nitrogens is 1. The van der Waals surface area contributed by atoms with Gasteiger partial charge in [-0.25, -0.2) is 4.79 Å². The number of halogens is 1. The Morgan fingerprint density at radius 1 is 1.47 bits per heavy atom. The molecule has 0 spiro atoms. The Morgan fingerprint density at radius 2 is 2.18 bits per heavy atom.